The SMILES string of the molecule is NCCCC(=O)N1CC(OC(F)(F)F)C1. The van der Waals surface area contributed by atoms with E-state index < -0.39 is 12.5 Å². The largest absolute Gasteiger partial charge is 0.522 e. The fourth-order valence-electron chi connectivity index (χ4n) is 1.32. The lowest BCUT2D eigenvalue weighted by atomic mass is 10.1. The van der Waals surface area contributed by atoms with Crippen LogP contribution in [0.5, 0.6) is 0 Å². The van der Waals surface area contributed by atoms with E-state index in [0.717, 1.165) is 0 Å². The van der Waals surface area contributed by atoms with Crippen LogP contribution in [0.15, 0.2) is 0 Å². The first-order valence-corrected chi connectivity index (χ1v) is 4.65. The summed E-state index contributed by atoms with van der Waals surface area (Å²) in [4.78, 5) is 12.6. The summed E-state index contributed by atoms with van der Waals surface area (Å²) in [7, 11) is 0. The highest BCUT2D eigenvalue weighted by Gasteiger charge is 2.40. The van der Waals surface area contributed by atoms with Crippen molar-refractivity contribution < 1.29 is 22.7 Å². The predicted molar refractivity (Wildman–Crippen MR) is 45.8 cm³/mol. The molecule has 1 saturated heterocycles. The van der Waals surface area contributed by atoms with Crippen molar-refractivity contribution in [3.05, 3.63) is 0 Å². The maximum atomic E-state index is 11.7. The van der Waals surface area contributed by atoms with Crippen molar-refractivity contribution in [2.24, 2.45) is 5.73 Å². The van der Waals surface area contributed by atoms with Gasteiger partial charge in [0.15, 0.2) is 0 Å². The summed E-state index contributed by atoms with van der Waals surface area (Å²) in [5, 5.41) is 0. The third kappa shape index (κ3) is 4.05. The van der Waals surface area contributed by atoms with Crippen LogP contribution < -0.4 is 5.73 Å². The number of amides is 1. The minimum Gasteiger partial charge on any atom is -0.337 e. The molecule has 1 aliphatic rings. The number of carbonyl (C=O) groups excluding carboxylic acids is 1. The van der Waals surface area contributed by atoms with Gasteiger partial charge in [-0.1, -0.05) is 0 Å². The summed E-state index contributed by atoms with van der Waals surface area (Å²) in [6.07, 6.45) is -4.68. The van der Waals surface area contributed by atoms with Crippen molar-refractivity contribution in [1.82, 2.24) is 4.90 Å². The Hall–Kier alpha value is -0.820. The average molecular weight is 226 g/mol. The van der Waals surface area contributed by atoms with Gasteiger partial charge in [0, 0.05) is 19.5 Å². The molecule has 0 aliphatic carbocycles. The molecule has 1 amide bonds. The molecule has 0 aromatic rings. The van der Waals surface area contributed by atoms with Gasteiger partial charge in [-0.2, -0.15) is 0 Å². The van der Waals surface area contributed by atoms with Gasteiger partial charge in [0.25, 0.3) is 0 Å². The van der Waals surface area contributed by atoms with E-state index in [4.69, 9.17) is 5.73 Å². The van der Waals surface area contributed by atoms with Crippen LogP contribution >= 0.6 is 0 Å². The highest BCUT2D eigenvalue weighted by atomic mass is 19.4. The minimum atomic E-state index is -4.61. The van der Waals surface area contributed by atoms with Crippen LogP contribution in [-0.4, -0.2) is 42.9 Å². The van der Waals surface area contributed by atoms with E-state index in [1.165, 1.54) is 4.90 Å². The molecule has 7 heteroatoms. The zero-order valence-corrected chi connectivity index (χ0v) is 8.09. The van der Waals surface area contributed by atoms with E-state index in [9.17, 15) is 18.0 Å². The average Bonchev–Trinajstić information content (AvgIpc) is 2.05. The molecular formula is C8H13F3N2O2. The van der Waals surface area contributed by atoms with Crippen LogP contribution in [0.25, 0.3) is 0 Å². The minimum absolute atomic E-state index is 0.0168. The molecule has 0 radical (unpaired) electrons. The quantitative estimate of drug-likeness (QED) is 0.758. The molecule has 0 atom stereocenters. The lowest BCUT2D eigenvalue weighted by Crippen LogP contribution is -2.56. The molecule has 1 fully saturated rings. The molecule has 0 bridgehead atoms. The van der Waals surface area contributed by atoms with Gasteiger partial charge in [-0.15, -0.1) is 13.2 Å². The first-order valence-electron chi connectivity index (χ1n) is 4.65. The van der Waals surface area contributed by atoms with Crippen LogP contribution in [0.3, 0.4) is 0 Å². The zero-order chi connectivity index (χ0) is 11.5. The topological polar surface area (TPSA) is 55.6 Å². The normalized spacial score (nSPS) is 17.7. The van der Waals surface area contributed by atoms with Crippen LogP contribution in [0.1, 0.15) is 12.8 Å². The number of likely N-dealkylation sites (tertiary alicyclic amines) is 1. The van der Waals surface area contributed by atoms with E-state index in [0.29, 0.717) is 13.0 Å². The number of carbonyl (C=O) groups is 1. The van der Waals surface area contributed by atoms with Gasteiger partial charge >= 0.3 is 6.36 Å². The molecule has 4 nitrogen and oxygen atoms in total. The highest BCUT2D eigenvalue weighted by molar-refractivity contribution is 5.77. The Morgan fingerprint density at radius 3 is 2.53 bits per heavy atom. The van der Waals surface area contributed by atoms with Crippen LogP contribution in [0.2, 0.25) is 0 Å². The standard InChI is InChI=1S/C8H13F3N2O2/c9-8(10,11)15-6-4-13(5-6)7(14)2-1-3-12/h6H,1-5,12H2. The molecule has 88 valence electrons. The molecule has 1 heterocycles. The summed E-state index contributed by atoms with van der Waals surface area (Å²) < 4.78 is 38.9. The van der Waals surface area contributed by atoms with Gasteiger partial charge in [0.2, 0.25) is 5.91 Å². The van der Waals surface area contributed by atoms with Crippen LogP contribution in [0.4, 0.5) is 13.2 Å². The number of ether oxygens (including phenoxy) is 1. The van der Waals surface area contributed by atoms with E-state index in [2.05, 4.69) is 4.74 Å². The first-order chi connectivity index (χ1) is 6.92. The third-order valence-electron chi connectivity index (χ3n) is 2.10. The number of hydrogen-bond acceptors (Lipinski definition) is 3. The van der Waals surface area contributed by atoms with Gasteiger partial charge in [0.1, 0.15) is 6.10 Å². The summed E-state index contributed by atoms with van der Waals surface area (Å²) in [5.74, 6) is -0.164. The summed E-state index contributed by atoms with van der Waals surface area (Å²) >= 11 is 0. The Kier molecular flexibility index (Phi) is 3.92. The molecular weight excluding hydrogens is 213 g/mol. The fourth-order valence-corrected chi connectivity index (χ4v) is 1.32. The van der Waals surface area contributed by atoms with E-state index in [1.807, 2.05) is 0 Å². The molecule has 0 saturated carbocycles. The second kappa shape index (κ2) is 4.80. The van der Waals surface area contributed by atoms with Gasteiger partial charge in [0.05, 0.1) is 0 Å². The number of rotatable bonds is 4. The molecule has 2 N–H and O–H groups in total. The number of nitrogens with zero attached hydrogens (tertiary/aromatic N) is 1. The maximum absolute atomic E-state index is 11.7. The number of alkyl halides is 3. The second-order valence-corrected chi connectivity index (χ2v) is 3.38. The van der Waals surface area contributed by atoms with Crippen molar-refractivity contribution in [3.8, 4) is 0 Å². The van der Waals surface area contributed by atoms with Crippen molar-refractivity contribution in [1.29, 1.82) is 0 Å². The van der Waals surface area contributed by atoms with Crippen LogP contribution in [0, 0.1) is 0 Å². The Morgan fingerprint density at radius 2 is 2.07 bits per heavy atom. The van der Waals surface area contributed by atoms with E-state index >= 15 is 0 Å². The highest BCUT2D eigenvalue weighted by Crippen LogP contribution is 2.24. The summed E-state index contributed by atoms with van der Waals surface area (Å²) in [6.45, 7) is 0.438. The maximum Gasteiger partial charge on any atom is 0.522 e. The lowest BCUT2D eigenvalue weighted by Gasteiger charge is -2.39. The van der Waals surface area contributed by atoms with E-state index in [1.54, 1.807) is 0 Å². The summed E-state index contributed by atoms with van der Waals surface area (Å²) in [5.41, 5.74) is 5.20. The molecule has 0 aromatic carbocycles. The molecule has 1 rings (SSSR count). The second-order valence-electron chi connectivity index (χ2n) is 3.38. The monoisotopic (exact) mass is 226 g/mol. The Balaban J connectivity index is 2.17. The van der Waals surface area contributed by atoms with Gasteiger partial charge in [-0.3, -0.25) is 9.53 Å². The zero-order valence-electron chi connectivity index (χ0n) is 8.09. The van der Waals surface area contributed by atoms with Crippen molar-refractivity contribution in [3.63, 3.8) is 0 Å². The Morgan fingerprint density at radius 1 is 1.47 bits per heavy atom. The molecule has 0 spiro atoms. The first kappa shape index (κ1) is 12.3. The molecule has 1 aliphatic heterocycles. The van der Waals surface area contributed by atoms with E-state index in [-0.39, 0.29) is 25.4 Å². The lowest BCUT2D eigenvalue weighted by molar-refractivity contribution is -0.353. The molecule has 0 unspecified atom stereocenters. The molecule has 0 aromatic heterocycles. The molecule has 15 heavy (non-hydrogen) atoms. The fraction of sp³-hybridized carbons (Fsp3) is 0.875. The van der Waals surface area contributed by atoms with Gasteiger partial charge in [-0.25, -0.2) is 0 Å². The number of nitrogens with two attached hydrogens (primary N) is 1. The Bertz CT molecular complexity index is 226. The van der Waals surface area contributed by atoms with Crippen molar-refractivity contribution in [2.45, 2.75) is 25.3 Å². The van der Waals surface area contributed by atoms with Crippen LogP contribution in [-0.2, 0) is 9.53 Å². The smallest absolute Gasteiger partial charge is 0.337 e. The predicted octanol–water partition coefficient (Wildman–Crippen LogP) is 0.472. The Labute approximate surface area is 85.2 Å². The van der Waals surface area contributed by atoms with Crippen molar-refractivity contribution >= 4 is 5.91 Å². The van der Waals surface area contributed by atoms with Gasteiger partial charge < -0.3 is 10.6 Å². The summed E-state index contributed by atoms with van der Waals surface area (Å²) in [6, 6.07) is 0. The van der Waals surface area contributed by atoms with Gasteiger partial charge in [-0.05, 0) is 13.0 Å². The number of halogens is 3. The van der Waals surface area contributed by atoms with Crippen molar-refractivity contribution in [2.75, 3.05) is 19.6 Å². The third-order valence-corrected chi connectivity index (χ3v) is 2.10. The number of hydrogen-bond donors (Lipinski definition) is 1.